The Labute approximate surface area is 258 Å². The first-order valence-corrected chi connectivity index (χ1v) is 16.2. The summed E-state index contributed by atoms with van der Waals surface area (Å²) in [5, 5.41) is 6.35. The lowest BCUT2D eigenvalue weighted by atomic mass is 9.43. The number of carbonyl (C=O) groups is 2. The molecule has 3 saturated carbocycles. The van der Waals surface area contributed by atoms with Gasteiger partial charge >= 0.3 is 7.12 Å². The van der Waals surface area contributed by atoms with Crippen molar-refractivity contribution in [3.05, 3.63) is 60.7 Å². The highest BCUT2D eigenvalue weighted by atomic mass is 16.7. The molecule has 2 N–H and O–H groups in total. The molecule has 1 saturated heterocycles. The molecule has 2 aromatic carbocycles. The lowest BCUT2D eigenvalue weighted by molar-refractivity contribution is -0.199. The Morgan fingerprint density at radius 2 is 1.47 bits per heavy atom. The van der Waals surface area contributed by atoms with Crippen LogP contribution in [-0.4, -0.2) is 49.2 Å². The van der Waals surface area contributed by atoms with Crippen molar-refractivity contribution in [1.82, 2.24) is 10.6 Å². The third-order valence-corrected chi connectivity index (χ3v) is 10.1. The van der Waals surface area contributed by atoms with Gasteiger partial charge in [0.2, 0.25) is 11.8 Å². The number of anilines is 2. The van der Waals surface area contributed by atoms with E-state index in [9.17, 15) is 9.59 Å². The van der Waals surface area contributed by atoms with Crippen molar-refractivity contribution in [2.24, 2.45) is 29.1 Å². The van der Waals surface area contributed by atoms with Crippen LogP contribution in [0.3, 0.4) is 0 Å². The topological polar surface area (TPSA) is 79.9 Å². The Hall–Kier alpha value is -2.84. The van der Waals surface area contributed by atoms with Crippen LogP contribution in [0.15, 0.2) is 60.7 Å². The predicted octanol–water partition coefficient (Wildman–Crippen LogP) is 6.15. The van der Waals surface area contributed by atoms with Gasteiger partial charge in [0.05, 0.1) is 17.6 Å². The molecule has 0 spiro atoms. The molecular formula is C35H50BN3O4. The fourth-order valence-electron chi connectivity index (χ4n) is 7.73. The number of rotatable bonds is 12. The maximum absolute atomic E-state index is 13.9. The van der Waals surface area contributed by atoms with Gasteiger partial charge < -0.3 is 24.8 Å². The molecule has 43 heavy (non-hydrogen) atoms. The Morgan fingerprint density at radius 3 is 2.00 bits per heavy atom. The van der Waals surface area contributed by atoms with Crippen LogP contribution in [0, 0.1) is 29.1 Å². The van der Waals surface area contributed by atoms with Gasteiger partial charge in [-0.1, -0.05) is 77.9 Å². The van der Waals surface area contributed by atoms with Crippen LogP contribution >= 0.6 is 0 Å². The highest BCUT2D eigenvalue weighted by molar-refractivity contribution is 6.48. The lowest BCUT2D eigenvalue weighted by Crippen LogP contribution is -2.65. The predicted molar refractivity (Wildman–Crippen MR) is 173 cm³/mol. The molecule has 2 amide bonds. The molecule has 1 heterocycles. The molecule has 232 valence electrons. The van der Waals surface area contributed by atoms with Crippen molar-refractivity contribution in [3.63, 3.8) is 0 Å². The van der Waals surface area contributed by atoms with Crippen molar-refractivity contribution in [1.29, 1.82) is 0 Å². The summed E-state index contributed by atoms with van der Waals surface area (Å²) >= 11 is 0. The molecule has 3 aliphatic carbocycles. The molecule has 4 fully saturated rings. The Bertz CT molecular complexity index is 1220. The van der Waals surface area contributed by atoms with Crippen LogP contribution in [0.5, 0.6) is 0 Å². The quantitative estimate of drug-likeness (QED) is 0.291. The number of hydrogen-bond donors (Lipinski definition) is 2. The van der Waals surface area contributed by atoms with Gasteiger partial charge in [0.1, 0.15) is 12.6 Å². The maximum atomic E-state index is 13.9. The van der Waals surface area contributed by atoms with Crippen LogP contribution in [-0.2, 0) is 18.9 Å². The zero-order chi connectivity index (χ0) is 30.9. The van der Waals surface area contributed by atoms with Crippen LogP contribution in [0.1, 0.15) is 74.1 Å². The second kappa shape index (κ2) is 12.6. The number of nitrogens with zero attached hydrogens (tertiary/aromatic N) is 1. The Kier molecular flexibility index (Phi) is 9.29. The number of para-hydroxylation sites is 2. The Balaban J connectivity index is 1.29. The summed E-state index contributed by atoms with van der Waals surface area (Å²) in [4.78, 5) is 29.4. The van der Waals surface area contributed by atoms with Gasteiger partial charge in [-0.05, 0) is 86.0 Å². The molecule has 2 aromatic rings. The van der Waals surface area contributed by atoms with Gasteiger partial charge in [-0.3, -0.25) is 9.59 Å². The number of hydrogen-bond acceptors (Lipinski definition) is 5. The van der Waals surface area contributed by atoms with E-state index in [0.717, 1.165) is 24.2 Å². The highest BCUT2D eigenvalue weighted by Crippen LogP contribution is 2.65. The van der Waals surface area contributed by atoms with Gasteiger partial charge in [0.25, 0.3) is 0 Å². The van der Waals surface area contributed by atoms with Crippen LogP contribution in [0.25, 0.3) is 0 Å². The monoisotopic (exact) mass is 587 g/mol. The van der Waals surface area contributed by atoms with Gasteiger partial charge in [0, 0.05) is 11.4 Å². The van der Waals surface area contributed by atoms with Crippen molar-refractivity contribution in [3.8, 4) is 0 Å². The van der Waals surface area contributed by atoms with Crippen molar-refractivity contribution >= 4 is 30.3 Å². The van der Waals surface area contributed by atoms with E-state index < -0.39 is 13.2 Å². The molecular weight excluding hydrogens is 537 g/mol. The normalized spacial score (nSPS) is 26.8. The molecule has 8 heteroatoms. The summed E-state index contributed by atoms with van der Waals surface area (Å²) in [6.07, 6.45) is 3.50. The second-order valence-electron chi connectivity index (χ2n) is 14.6. The van der Waals surface area contributed by atoms with E-state index in [-0.39, 0.29) is 47.3 Å². The number of carbonyl (C=O) groups excluding carboxylic acids is 2. The van der Waals surface area contributed by atoms with E-state index in [0.29, 0.717) is 24.2 Å². The smallest absolute Gasteiger partial charge is 0.404 e. The van der Waals surface area contributed by atoms with Crippen LogP contribution in [0.2, 0.25) is 0 Å². The summed E-state index contributed by atoms with van der Waals surface area (Å²) in [5.74, 6) is 0.975. The van der Waals surface area contributed by atoms with Crippen LogP contribution in [0.4, 0.5) is 11.4 Å². The molecule has 6 rings (SSSR count). The Morgan fingerprint density at radius 1 is 0.884 bits per heavy atom. The lowest BCUT2D eigenvalue weighted by Gasteiger charge is -2.64. The average Bonchev–Trinajstić information content (AvgIpc) is 3.33. The summed E-state index contributed by atoms with van der Waals surface area (Å²) in [6.45, 7) is 15.5. The standard InChI is InChI=1S/C35H50BN3O4/c1-23(2)18-28(37-32(40)22-39(26-14-10-8-11-15-26)27-16-12-9-13-17-27)33(41)38-31(19-24(3)4)36-42-30-21-25-20-29(34(25,5)6)35(30,7)43-36/h8-17,23-25,28-31H,18-22H2,1-7H3,(H,37,40)(H,38,41)/t25-,28-,29-,30+,31-,35-/m0/s1. The van der Waals surface area contributed by atoms with Crippen molar-refractivity contribution in [2.45, 2.75) is 97.8 Å². The molecule has 0 aromatic heterocycles. The third-order valence-electron chi connectivity index (χ3n) is 10.1. The van der Waals surface area contributed by atoms with Gasteiger partial charge in [-0.25, -0.2) is 0 Å². The maximum Gasteiger partial charge on any atom is 0.481 e. The van der Waals surface area contributed by atoms with Crippen molar-refractivity contribution < 1.29 is 18.9 Å². The van der Waals surface area contributed by atoms with E-state index in [1.54, 1.807) is 0 Å². The van der Waals surface area contributed by atoms with Crippen molar-refractivity contribution in [2.75, 3.05) is 11.4 Å². The molecule has 7 nitrogen and oxygen atoms in total. The summed E-state index contributed by atoms with van der Waals surface area (Å²) in [7, 11) is -0.501. The van der Waals surface area contributed by atoms with E-state index in [2.05, 4.69) is 59.1 Å². The fourth-order valence-corrected chi connectivity index (χ4v) is 7.73. The summed E-state index contributed by atoms with van der Waals surface area (Å²) in [6, 6.07) is 19.0. The molecule has 4 aliphatic rings. The number of amides is 2. The molecule has 6 atom stereocenters. The molecule has 0 unspecified atom stereocenters. The van der Waals surface area contributed by atoms with E-state index in [1.807, 2.05) is 65.6 Å². The van der Waals surface area contributed by atoms with E-state index >= 15 is 0 Å². The van der Waals surface area contributed by atoms with E-state index in [4.69, 9.17) is 9.31 Å². The first kappa shape index (κ1) is 31.6. The number of nitrogens with one attached hydrogen (secondary N) is 2. The molecule has 2 bridgehead atoms. The van der Waals surface area contributed by atoms with Crippen LogP contribution < -0.4 is 15.5 Å². The minimum Gasteiger partial charge on any atom is -0.404 e. The molecule has 1 aliphatic heterocycles. The average molecular weight is 588 g/mol. The fraction of sp³-hybridized carbons (Fsp3) is 0.600. The minimum absolute atomic E-state index is 0.0500. The minimum atomic E-state index is -0.665. The number of benzene rings is 2. The first-order valence-electron chi connectivity index (χ1n) is 16.2. The zero-order valence-electron chi connectivity index (χ0n) is 27.0. The second-order valence-corrected chi connectivity index (χ2v) is 14.6. The van der Waals surface area contributed by atoms with E-state index in [1.165, 1.54) is 6.42 Å². The highest BCUT2D eigenvalue weighted by Gasteiger charge is 2.68. The SMILES string of the molecule is CC(C)C[C@H](NC(=O)[C@H](CC(C)C)NC(=O)CN(c1ccccc1)c1ccccc1)B1O[C@@H]2C[C@@H]3C[C@@H](C3(C)C)[C@]2(C)O1. The largest absolute Gasteiger partial charge is 0.481 e. The third kappa shape index (κ3) is 6.65. The zero-order valence-corrected chi connectivity index (χ0v) is 27.0. The molecule has 0 radical (unpaired) electrons. The summed E-state index contributed by atoms with van der Waals surface area (Å²) in [5.41, 5.74) is 1.74. The first-order chi connectivity index (χ1) is 20.4. The van der Waals surface area contributed by atoms with Gasteiger partial charge in [-0.2, -0.15) is 0 Å². The van der Waals surface area contributed by atoms with Gasteiger partial charge in [-0.15, -0.1) is 0 Å². The van der Waals surface area contributed by atoms with Gasteiger partial charge in [0.15, 0.2) is 0 Å². The summed E-state index contributed by atoms with van der Waals surface area (Å²) < 4.78 is 13.4.